The summed E-state index contributed by atoms with van der Waals surface area (Å²) >= 11 is 0. The molecule has 0 bridgehead atoms. The zero-order chi connectivity index (χ0) is 16.9. The molecule has 7 heteroatoms. The first-order valence-electron chi connectivity index (χ1n) is 8.00. The lowest BCUT2D eigenvalue weighted by Crippen LogP contribution is -2.38. The molecule has 1 aromatic carbocycles. The van der Waals surface area contributed by atoms with E-state index in [4.69, 9.17) is 4.74 Å². The van der Waals surface area contributed by atoms with E-state index < -0.39 is 4.92 Å². The van der Waals surface area contributed by atoms with Gasteiger partial charge in [-0.3, -0.25) is 10.1 Å². The van der Waals surface area contributed by atoms with Crippen molar-refractivity contribution in [3.8, 4) is 0 Å². The van der Waals surface area contributed by atoms with Crippen LogP contribution in [0.1, 0.15) is 32.3 Å². The van der Waals surface area contributed by atoms with Gasteiger partial charge >= 0.3 is 0 Å². The van der Waals surface area contributed by atoms with Crippen molar-refractivity contribution in [2.45, 2.75) is 33.2 Å². The van der Waals surface area contributed by atoms with E-state index in [-0.39, 0.29) is 5.69 Å². The van der Waals surface area contributed by atoms with Crippen LogP contribution in [0.5, 0.6) is 0 Å². The highest BCUT2D eigenvalue weighted by Gasteiger charge is 2.04. The lowest BCUT2D eigenvalue weighted by Gasteiger charge is -2.12. The Bertz CT molecular complexity index is 489. The number of nitro groups is 1. The molecular weight excluding hydrogens is 296 g/mol. The van der Waals surface area contributed by atoms with Crippen LogP contribution in [-0.2, 0) is 11.3 Å². The molecule has 2 N–H and O–H groups in total. The number of nitrogens with zero attached hydrogens (tertiary/aromatic N) is 2. The van der Waals surface area contributed by atoms with Gasteiger partial charge in [-0.2, -0.15) is 0 Å². The lowest BCUT2D eigenvalue weighted by molar-refractivity contribution is -0.384. The fraction of sp³-hybridized carbons (Fsp3) is 0.562. The maximum atomic E-state index is 10.6. The molecule has 1 aromatic rings. The fourth-order valence-electron chi connectivity index (χ4n) is 1.84. The monoisotopic (exact) mass is 322 g/mol. The number of benzene rings is 1. The molecule has 0 aliphatic rings. The van der Waals surface area contributed by atoms with Crippen LogP contribution in [0, 0.1) is 10.1 Å². The Morgan fingerprint density at radius 2 is 1.91 bits per heavy atom. The Balaban J connectivity index is 2.51. The van der Waals surface area contributed by atoms with Crippen molar-refractivity contribution in [3.05, 3.63) is 39.9 Å². The molecule has 0 amide bonds. The van der Waals surface area contributed by atoms with Crippen LogP contribution < -0.4 is 10.6 Å². The van der Waals surface area contributed by atoms with Gasteiger partial charge < -0.3 is 15.4 Å². The number of guanidine groups is 1. The molecule has 0 unspecified atom stereocenters. The third-order valence-electron chi connectivity index (χ3n) is 3.07. The van der Waals surface area contributed by atoms with Crippen LogP contribution in [0.3, 0.4) is 0 Å². The molecule has 128 valence electrons. The van der Waals surface area contributed by atoms with Crippen LogP contribution >= 0.6 is 0 Å². The average Bonchev–Trinajstić information content (AvgIpc) is 2.56. The molecule has 1 rings (SSSR count). The van der Waals surface area contributed by atoms with E-state index >= 15 is 0 Å². The molecule has 0 saturated heterocycles. The summed E-state index contributed by atoms with van der Waals surface area (Å²) in [4.78, 5) is 14.7. The molecule has 0 radical (unpaired) electrons. The van der Waals surface area contributed by atoms with Crippen LogP contribution in [-0.4, -0.2) is 37.2 Å². The summed E-state index contributed by atoms with van der Waals surface area (Å²) < 4.78 is 5.30. The molecule has 0 heterocycles. The number of aliphatic imine (C=N–C) groups is 1. The second kappa shape index (κ2) is 11.4. The van der Waals surface area contributed by atoms with Gasteiger partial charge in [0.1, 0.15) is 0 Å². The van der Waals surface area contributed by atoms with E-state index in [1.165, 1.54) is 12.1 Å². The van der Waals surface area contributed by atoms with Gasteiger partial charge in [0.25, 0.3) is 5.69 Å². The number of rotatable bonds is 10. The largest absolute Gasteiger partial charge is 0.382 e. The zero-order valence-electron chi connectivity index (χ0n) is 13.9. The van der Waals surface area contributed by atoms with Crippen molar-refractivity contribution in [2.75, 3.05) is 26.3 Å². The van der Waals surface area contributed by atoms with Gasteiger partial charge in [-0.1, -0.05) is 19.1 Å². The Kier molecular flexibility index (Phi) is 9.38. The van der Waals surface area contributed by atoms with Crippen molar-refractivity contribution < 1.29 is 9.66 Å². The molecule has 0 aliphatic heterocycles. The van der Waals surface area contributed by atoms with Crippen molar-refractivity contribution in [2.24, 2.45) is 4.99 Å². The van der Waals surface area contributed by atoms with E-state index in [1.54, 1.807) is 12.1 Å². The maximum absolute atomic E-state index is 10.6. The molecule has 0 aromatic heterocycles. The normalized spacial score (nSPS) is 11.3. The number of hydrogen-bond acceptors (Lipinski definition) is 4. The number of nitro benzene ring substituents is 1. The Hall–Kier alpha value is -2.15. The minimum Gasteiger partial charge on any atom is -0.382 e. The van der Waals surface area contributed by atoms with Gasteiger partial charge in [-0.25, -0.2) is 4.99 Å². The molecule has 23 heavy (non-hydrogen) atoms. The standard InChI is InChI=1S/C16H26N4O3/c1-3-10-17-16(18-11-5-12-23-4-2)19-13-14-6-8-15(9-7-14)20(21)22/h6-9H,3-5,10-13H2,1-2H3,(H2,17,18,19). The minimum absolute atomic E-state index is 0.0936. The summed E-state index contributed by atoms with van der Waals surface area (Å²) in [5.74, 6) is 0.752. The minimum atomic E-state index is -0.402. The Morgan fingerprint density at radius 1 is 1.22 bits per heavy atom. The molecular formula is C16H26N4O3. The zero-order valence-corrected chi connectivity index (χ0v) is 13.9. The Labute approximate surface area is 137 Å². The first kappa shape index (κ1) is 18.9. The Morgan fingerprint density at radius 3 is 2.52 bits per heavy atom. The number of ether oxygens (including phenoxy) is 1. The van der Waals surface area contributed by atoms with Crippen molar-refractivity contribution >= 4 is 11.6 Å². The van der Waals surface area contributed by atoms with Gasteiger partial charge in [0.2, 0.25) is 0 Å². The second-order valence-corrected chi connectivity index (χ2v) is 4.99. The first-order valence-corrected chi connectivity index (χ1v) is 8.00. The topological polar surface area (TPSA) is 88.8 Å². The summed E-state index contributed by atoms with van der Waals surface area (Å²) in [6.45, 7) is 7.64. The predicted molar refractivity (Wildman–Crippen MR) is 91.6 cm³/mol. The lowest BCUT2D eigenvalue weighted by atomic mass is 10.2. The second-order valence-electron chi connectivity index (χ2n) is 4.99. The highest BCUT2D eigenvalue weighted by Crippen LogP contribution is 2.12. The third kappa shape index (κ3) is 8.15. The molecule has 0 saturated carbocycles. The van der Waals surface area contributed by atoms with Crippen LogP contribution in [0.2, 0.25) is 0 Å². The predicted octanol–water partition coefficient (Wildman–Crippen LogP) is 2.47. The van der Waals surface area contributed by atoms with Crippen LogP contribution in [0.25, 0.3) is 0 Å². The van der Waals surface area contributed by atoms with E-state index in [9.17, 15) is 10.1 Å². The summed E-state index contributed by atoms with van der Waals surface area (Å²) in [5.41, 5.74) is 1.03. The van der Waals surface area contributed by atoms with E-state index in [0.29, 0.717) is 6.54 Å². The first-order chi connectivity index (χ1) is 11.2. The van der Waals surface area contributed by atoms with Gasteiger partial charge in [0.15, 0.2) is 5.96 Å². The smallest absolute Gasteiger partial charge is 0.269 e. The van der Waals surface area contributed by atoms with Gasteiger partial charge in [0, 0.05) is 38.4 Å². The fourth-order valence-corrected chi connectivity index (χ4v) is 1.84. The van der Waals surface area contributed by atoms with Gasteiger partial charge in [0.05, 0.1) is 11.5 Å². The van der Waals surface area contributed by atoms with E-state index in [2.05, 4.69) is 22.5 Å². The summed E-state index contributed by atoms with van der Waals surface area (Å²) in [6.07, 6.45) is 1.93. The maximum Gasteiger partial charge on any atom is 0.269 e. The average molecular weight is 322 g/mol. The summed E-state index contributed by atoms with van der Waals surface area (Å²) in [5, 5.41) is 17.2. The highest BCUT2D eigenvalue weighted by atomic mass is 16.6. The molecule has 0 atom stereocenters. The van der Waals surface area contributed by atoms with Gasteiger partial charge in [-0.15, -0.1) is 0 Å². The van der Waals surface area contributed by atoms with Crippen molar-refractivity contribution in [1.29, 1.82) is 0 Å². The number of nitrogens with one attached hydrogen (secondary N) is 2. The molecule has 0 fully saturated rings. The van der Waals surface area contributed by atoms with E-state index in [1.807, 2.05) is 6.92 Å². The van der Waals surface area contributed by atoms with Crippen molar-refractivity contribution in [1.82, 2.24) is 10.6 Å². The number of non-ortho nitro benzene ring substituents is 1. The highest BCUT2D eigenvalue weighted by molar-refractivity contribution is 5.79. The van der Waals surface area contributed by atoms with E-state index in [0.717, 1.165) is 50.7 Å². The van der Waals surface area contributed by atoms with Crippen molar-refractivity contribution in [3.63, 3.8) is 0 Å². The quantitative estimate of drug-likeness (QED) is 0.227. The molecule has 0 spiro atoms. The van der Waals surface area contributed by atoms with Crippen LogP contribution in [0.15, 0.2) is 29.3 Å². The summed E-state index contributed by atoms with van der Waals surface area (Å²) in [7, 11) is 0. The van der Waals surface area contributed by atoms with Crippen LogP contribution in [0.4, 0.5) is 5.69 Å². The van der Waals surface area contributed by atoms with Gasteiger partial charge in [-0.05, 0) is 25.3 Å². The summed E-state index contributed by atoms with van der Waals surface area (Å²) in [6, 6.07) is 6.46. The number of hydrogen-bond donors (Lipinski definition) is 2. The SMILES string of the molecule is CCCNC(=NCc1ccc([N+](=O)[O-])cc1)NCCCOCC. The molecule has 7 nitrogen and oxygen atoms in total. The third-order valence-corrected chi connectivity index (χ3v) is 3.07. The molecule has 0 aliphatic carbocycles.